The fourth-order valence-electron chi connectivity index (χ4n) is 2.51. The molecule has 1 atom stereocenters. The van der Waals surface area contributed by atoms with Crippen molar-refractivity contribution in [3.63, 3.8) is 0 Å². The van der Waals surface area contributed by atoms with E-state index in [4.69, 9.17) is 4.74 Å². The molecular formula is C23H36N2O3Si. The zero-order chi connectivity index (χ0) is 22.5. The predicted octanol–water partition coefficient (Wildman–Crippen LogP) is 4.27. The quantitative estimate of drug-likeness (QED) is 0.556. The molecule has 0 saturated heterocycles. The fourth-order valence-corrected chi connectivity index (χ4v) is 3.03. The molecule has 6 heteroatoms. The van der Waals surface area contributed by atoms with Gasteiger partial charge in [0.05, 0.1) is 0 Å². The van der Waals surface area contributed by atoms with E-state index in [0.29, 0.717) is 6.42 Å². The maximum absolute atomic E-state index is 12.5. The first-order valence-corrected chi connectivity index (χ1v) is 13.5. The summed E-state index contributed by atoms with van der Waals surface area (Å²) in [6.07, 6.45) is 0.0626. The second-order valence-corrected chi connectivity index (χ2v) is 14.9. The minimum atomic E-state index is -1.39. The summed E-state index contributed by atoms with van der Waals surface area (Å²) in [6, 6.07) is 7.44. The van der Waals surface area contributed by atoms with Gasteiger partial charge in [0.1, 0.15) is 19.7 Å². The Hall–Kier alpha value is -2.26. The van der Waals surface area contributed by atoms with Crippen molar-refractivity contribution < 1.29 is 14.3 Å². The van der Waals surface area contributed by atoms with Gasteiger partial charge in [-0.3, -0.25) is 4.79 Å². The van der Waals surface area contributed by atoms with Gasteiger partial charge in [-0.15, -0.1) is 5.54 Å². The highest BCUT2D eigenvalue weighted by Gasteiger charge is 2.26. The Labute approximate surface area is 177 Å². The molecule has 0 saturated carbocycles. The largest absolute Gasteiger partial charge is 0.444 e. The molecule has 0 aliphatic rings. The number of benzene rings is 1. The summed E-state index contributed by atoms with van der Waals surface area (Å²) in [7, 11) is -1.39. The van der Waals surface area contributed by atoms with Gasteiger partial charge in [-0.25, -0.2) is 4.79 Å². The molecule has 5 nitrogen and oxygen atoms in total. The van der Waals surface area contributed by atoms with Crippen LogP contribution in [0.3, 0.4) is 0 Å². The van der Waals surface area contributed by atoms with E-state index in [1.54, 1.807) is 27.7 Å². The van der Waals surface area contributed by atoms with Crippen LogP contribution in [0.25, 0.3) is 0 Å². The van der Waals surface area contributed by atoms with Gasteiger partial charge in [0, 0.05) is 11.1 Å². The Bertz CT molecular complexity index is 776. The molecule has 29 heavy (non-hydrogen) atoms. The average molecular weight is 417 g/mol. The van der Waals surface area contributed by atoms with E-state index in [0.717, 1.165) is 11.1 Å². The number of hydrogen-bond acceptors (Lipinski definition) is 3. The van der Waals surface area contributed by atoms with Crippen LogP contribution in [0.1, 0.15) is 52.7 Å². The number of carbonyl (C=O) groups excluding carboxylic acids is 2. The Kier molecular flexibility index (Phi) is 8.11. The van der Waals surface area contributed by atoms with Crippen molar-refractivity contribution in [2.75, 3.05) is 0 Å². The zero-order valence-electron chi connectivity index (χ0n) is 19.3. The third-order valence-corrected chi connectivity index (χ3v) is 4.64. The lowest BCUT2D eigenvalue weighted by atomic mass is 9.94. The van der Waals surface area contributed by atoms with Crippen LogP contribution < -0.4 is 10.6 Å². The second kappa shape index (κ2) is 9.49. The number of alkyl carbamates (subject to hydrolysis) is 1. The lowest BCUT2D eigenvalue weighted by Crippen LogP contribution is -2.53. The highest BCUT2D eigenvalue weighted by Crippen LogP contribution is 2.14. The third kappa shape index (κ3) is 10.7. The highest BCUT2D eigenvalue weighted by atomic mass is 28.3. The number of rotatable bonds is 5. The molecule has 2 amide bonds. The van der Waals surface area contributed by atoms with Gasteiger partial charge in [-0.05, 0) is 65.7 Å². The van der Waals surface area contributed by atoms with Crippen molar-refractivity contribution >= 4 is 20.1 Å². The van der Waals surface area contributed by atoms with Crippen molar-refractivity contribution in [3.8, 4) is 11.5 Å². The maximum atomic E-state index is 12.5. The number of ether oxygens (including phenoxy) is 1. The Balaban J connectivity index is 2.66. The molecule has 0 radical (unpaired) electrons. The molecule has 0 aliphatic heterocycles. The SMILES string of the molecule is C[C@H](NC(=O)OC(C)(C)C)C(=O)NC(C)(C)Cc1ccc(C#C[Si](C)(C)C)cc1. The molecule has 0 aromatic heterocycles. The van der Waals surface area contributed by atoms with Crippen LogP contribution in [-0.4, -0.2) is 37.3 Å². The minimum Gasteiger partial charge on any atom is -0.444 e. The smallest absolute Gasteiger partial charge is 0.408 e. The van der Waals surface area contributed by atoms with Crippen LogP contribution in [0.2, 0.25) is 19.6 Å². The van der Waals surface area contributed by atoms with Gasteiger partial charge in [-0.2, -0.15) is 0 Å². The summed E-state index contributed by atoms with van der Waals surface area (Å²) in [5.41, 5.74) is 4.41. The molecule has 0 aliphatic carbocycles. The van der Waals surface area contributed by atoms with E-state index >= 15 is 0 Å². The minimum absolute atomic E-state index is 0.251. The zero-order valence-corrected chi connectivity index (χ0v) is 20.3. The first kappa shape index (κ1) is 24.8. The Morgan fingerprint density at radius 2 is 1.62 bits per heavy atom. The summed E-state index contributed by atoms with van der Waals surface area (Å²) >= 11 is 0. The maximum Gasteiger partial charge on any atom is 0.408 e. The molecule has 2 N–H and O–H groups in total. The molecule has 160 valence electrons. The monoisotopic (exact) mass is 416 g/mol. The van der Waals surface area contributed by atoms with Crippen molar-refractivity contribution in [1.29, 1.82) is 0 Å². The number of nitrogens with one attached hydrogen (secondary N) is 2. The topological polar surface area (TPSA) is 67.4 Å². The van der Waals surface area contributed by atoms with E-state index < -0.39 is 31.3 Å². The van der Waals surface area contributed by atoms with E-state index in [2.05, 4.69) is 41.7 Å². The van der Waals surface area contributed by atoms with Crippen LogP contribution in [0.5, 0.6) is 0 Å². The van der Waals surface area contributed by atoms with Crippen molar-refractivity contribution in [2.45, 2.75) is 84.8 Å². The van der Waals surface area contributed by atoms with Crippen molar-refractivity contribution in [2.24, 2.45) is 0 Å². The van der Waals surface area contributed by atoms with Crippen molar-refractivity contribution in [3.05, 3.63) is 35.4 Å². The summed E-state index contributed by atoms with van der Waals surface area (Å²) in [4.78, 5) is 24.3. The standard InChI is InChI=1S/C23H36N2O3Si/c1-17(24-21(27)28-22(2,3)4)20(26)25-23(5,6)16-19-12-10-18(11-13-19)14-15-29(7,8)9/h10-13,17H,16H2,1-9H3,(H,24,27)(H,25,26)/t17-/m0/s1. The second-order valence-electron chi connectivity index (χ2n) is 10.1. The summed E-state index contributed by atoms with van der Waals surface area (Å²) in [6.45, 7) is 17.6. The summed E-state index contributed by atoms with van der Waals surface area (Å²) in [5, 5.41) is 5.57. The van der Waals surface area contributed by atoms with E-state index in [1.807, 2.05) is 38.1 Å². The molecule has 0 bridgehead atoms. The van der Waals surface area contributed by atoms with Crippen LogP contribution in [0.4, 0.5) is 4.79 Å². The molecule has 0 spiro atoms. The van der Waals surface area contributed by atoms with Crippen LogP contribution in [0, 0.1) is 11.5 Å². The van der Waals surface area contributed by atoms with Crippen molar-refractivity contribution in [1.82, 2.24) is 10.6 Å². The van der Waals surface area contributed by atoms with Gasteiger partial charge in [-0.1, -0.05) is 37.7 Å². The molecular weight excluding hydrogens is 380 g/mol. The van der Waals surface area contributed by atoms with Gasteiger partial charge < -0.3 is 15.4 Å². The van der Waals surface area contributed by atoms with Gasteiger partial charge in [0.15, 0.2) is 0 Å². The van der Waals surface area contributed by atoms with E-state index in [9.17, 15) is 9.59 Å². The predicted molar refractivity (Wildman–Crippen MR) is 121 cm³/mol. The fraction of sp³-hybridized carbons (Fsp3) is 0.565. The number of amides is 2. The normalized spacial score (nSPS) is 13.0. The first-order chi connectivity index (χ1) is 13.1. The van der Waals surface area contributed by atoms with E-state index in [-0.39, 0.29) is 5.91 Å². The molecule has 1 aromatic carbocycles. The lowest BCUT2D eigenvalue weighted by molar-refractivity contribution is -0.124. The van der Waals surface area contributed by atoms with Crippen LogP contribution in [0.15, 0.2) is 24.3 Å². The number of carbonyl (C=O) groups is 2. The number of hydrogen-bond donors (Lipinski definition) is 2. The third-order valence-electron chi connectivity index (χ3n) is 3.77. The molecule has 1 rings (SSSR count). The van der Waals surface area contributed by atoms with Crippen LogP contribution >= 0.6 is 0 Å². The molecule has 1 aromatic rings. The summed E-state index contributed by atoms with van der Waals surface area (Å²) < 4.78 is 5.20. The molecule has 0 unspecified atom stereocenters. The Morgan fingerprint density at radius 1 is 1.07 bits per heavy atom. The van der Waals surface area contributed by atoms with E-state index in [1.165, 1.54) is 0 Å². The van der Waals surface area contributed by atoms with Gasteiger partial charge >= 0.3 is 6.09 Å². The molecule has 0 heterocycles. The highest BCUT2D eigenvalue weighted by molar-refractivity contribution is 6.83. The van der Waals surface area contributed by atoms with Gasteiger partial charge in [0.25, 0.3) is 0 Å². The average Bonchev–Trinajstić information content (AvgIpc) is 2.50. The molecule has 0 fully saturated rings. The van der Waals surface area contributed by atoms with Gasteiger partial charge in [0.2, 0.25) is 5.91 Å². The summed E-state index contributed by atoms with van der Waals surface area (Å²) in [5.74, 6) is 2.99. The Morgan fingerprint density at radius 3 is 2.10 bits per heavy atom. The first-order valence-electron chi connectivity index (χ1n) is 10.00. The lowest BCUT2D eigenvalue weighted by Gasteiger charge is -2.29. The van der Waals surface area contributed by atoms with Crippen LogP contribution in [-0.2, 0) is 16.0 Å².